The molecule has 25 heavy (non-hydrogen) atoms. The topological polar surface area (TPSA) is 15.4 Å². The van der Waals surface area contributed by atoms with Gasteiger partial charge in [0.05, 0.1) is 17.8 Å². The highest BCUT2D eigenvalue weighted by Gasteiger charge is 2.59. The van der Waals surface area contributed by atoms with E-state index in [0.717, 1.165) is 4.47 Å². The minimum Gasteiger partial charge on any atom is -0.263 e. The van der Waals surface area contributed by atoms with E-state index in [4.69, 9.17) is 4.99 Å². The lowest BCUT2D eigenvalue weighted by Gasteiger charge is -2.14. The lowest BCUT2D eigenvalue weighted by Crippen LogP contribution is -2.08. The summed E-state index contributed by atoms with van der Waals surface area (Å²) >= 11 is 3.53. The van der Waals surface area contributed by atoms with Gasteiger partial charge in [0, 0.05) is 4.47 Å². The fourth-order valence-corrected chi connectivity index (χ4v) is 4.12. The van der Waals surface area contributed by atoms with Crippen molar-refractivity contribution in [1.82, 2.24) is 4.90 Å². The maximum absolute atomic E-state index is 5.09. The summed E-state index contributed by atoms with van der Waals surface area (Å²) in [6.45, 7) is 0. The molecular formula is C22H17BrN2. The van der Waals surface area contributed by atoms with E-state index in [0.29, 0.717) is 12.1 Å². The first-order valence-electron chi connectivity index (χ1n) is 8.54. The van der Waals surface area contributed by atoms with Crippen LogP contribution in [-0.4, -0.2) is 16.7 Å². The van der Waals surface area contributed by atoms with Crippen LogP contribution in [0.2, 0.25) is 0 Å². The van der Waals surface area contributed by atoms with Crippen LogP contribution in [0.15, 0.2) is 94.4 Å². The van der Waals surface area contributed by atoms with Gasteiger partial charge in [-0.2, -0.15) is 0 Å². The van der Waals surface area contributed by atoms with Gasteiger partial charge in [-0.1, -0.05) is 88.7 Å². The van der Waals surface area contributed by atoms with E-state index in [1.54, 1.807) is 0 Å². The van der Waals surface area contributed by atoms with Crippen molar-refractivity contribution in [3.8, 4) is 0 Å². The largest absolute Gasteiger partial charge is 0.263 e. The second-order valence-electron chi connectivity index (χ2n) is 6.55. The van der Waals surface area contributed by atoms with E-state index >= 15 is 0 Å². The maximum Gasteiger partial charge on any atom is 0.129 e. The Balaban J connectivity index is 1.57. The zero-order chi connectivity index (χ0) is 16.8. The summed E-state index contributed by atoms with van der Waals surface area (Å²) in [5, 5.41) is 0. The molecular weight excluding hydrogens is 372 g/mol. The van der Waals surface area contributed by atoms with Gasteiger partial charge >= 0.3 is 0 Å². The molecule has 0 saturated carbocycles. The first-order chi connectivity index (χ1) is 12.3. The van der Waals surface area contributed by atoms with Crippen LogP contribution in [0.5, 0.6) is 0 Å². The van der Waals surface area contributed by atoms with Gasteiger partial charge in [-0.15, -0.1) is 0 Å². The highest BCUT2D eigenvalue weighted by molar-refractivity contribution is 9.10. The highest BCUT2D eigenvalue weighted by atomic mass is 79.9. The van der Waals surface area contributed by atoms with E-state index in [-0.39, 0.29) is 6.17 Å². The molecule has 2 aliphatic rings. The number of hydrogen-bond donors (Lipinski definition) is 0. The molecule has 0 aromatic heterocycles. The molecule has 5 rings (SSSR count). The summed E-state index contributed by atoms with van der Waals surface area (Å²) in [5.74, 6) is 0. The molecule has 122 valence electrons. The zero-order valence-electron chi connectivity index (χ0n) is 13.6. The molecule has 0 N–H and O–H groups in total. The van der Waals surface area contributed by atoms with E-state index in [1.165, 1.54) is 22.4 Å². The van der Waals surface area contributed by atoms with Crippen LogP contribution in [0.4, 0.5) is 0 Å². The molecule has 1 unspecified atom stereocenters. The Morgan fingerprint density at radius 1 is 0.680 bits per heavy atom. The minimum absolute atomic E-state index is 0.0958. The Hall–Kier alpha value is -2.23. The number of halogens is 1. The second kappa shape index (κ2) is 5.94. The predicted octanol–water partition coefficient (Wildman–Crippen LogP) is 5.38. The Morgan fingerprint density at radius 2 is 1.32 bits per heavy atom. The first-order valence-corrected chi connectivity index (χ1v) is 9.33. The molecule has 3 heteroatoms. The monoisotopic (exact) mass is 388 g/mol. The number of nitrogens with zero attached hydrogens (tertiary/aromatic N) is 2. The Morgan fingerprint density at radius 3 is 2.00 bits per heavy atom. The average molecular weight is 389 g/mol. The number of hydrogen-bond acceptors (Lipinski definition) is 2. The molecule has 0 spiro atoms. The molecule has 1 fully saturated rings. The quantitative estimate of drug-likeness (QED) is 0.550. The lowest BCUT2D eigenvalue weighted by atomic mass is 10.0. The SMILES string of the molecule is Brc1ccc([C@@H]2N=C(c3ccccc3)[C@@H]3[C@H](c4ccccc4)N32)cc1. The van der Waals surface area contributed by atoms with Crippen LogP contribution >= 0.6 is 15.9 Å². The van der Waals surface area contributed by atoms with Gasteiger partial charge in [-0.3, -0.25) is 9.89 Å². The van der Waals surface area contributed by atoms with Crippen molar-refractivity contribution in [1.29, 1.82) is 0 Å². The van der Waals surface area contributed by atoms with Crippen molar-refractivity contribution in [2.24, 2.45) is 4.99 Å². The Bertz CT molecular complexity index is 919. The molecule has 0 radical (unpaired) electrons. The van der Waals surface area contributed by atoms with Crippen molar-refractivity contribution in [3.05, 3.63) is 106 Å². The molecule has 2 heterocycles. The molecule has 0 amide bonds. The molecule has 0 bridgehead atoms. The highest BCUT2D eigenvalue weighted by Crippen LogP contribution is 2.55. The van der Waals surface area contributed by atoms with Gasteiger partial charge in [0.15, 0.2) is 0 Å². The van der Waals surface area contributed by atoms with Crippen molar-refractivity contribution < 1.29 is 0 Å². The summed E-state index contributed by atoms with van der Waals surface area (Å²) in [6.07, 6.45) is 0.0958. The van der Waals surface area contributed by atoms with Gasteiger partial charge in [-0.25, -0.2) is 0 Å². The standard InChI is InChI=1S/C22H17BrN2/c23-18-13-11-17(12-14-18)22-24-19(15-7-3-1-4-8-15)21-20(25(21)22)16-9-5-2-6-10-16/h1-14,20-22H/t20-,21+,22+,25?/m0/s1. The van der Waals surface area contributed by atoms with Crippen LogP contribution in [0.25, 0.3) is 0 Å². The molecule has 3 aromatic carbocycles. The molecule has 2 aliphatic heterocycles. The van der Waals surface area contributed by atoms with Gasteiger partial charge in [-0.05, 0) is 28.8 Å². The molecule has 0 aliphatic carbocycles. The Labute approximate surface area is 156 Å². The number of fused-ring (bicyclic) bond motifs is 1. The van der Waals surface area contributed by atoms with Gasteiger partial charge in [0.2, 0.25) is 0 Å². The van der Waals surface area contributed by atoms with Gasteiger partial charge < -0.3 is 0 Å². The first kappa shape index (κ1) is 15.1. The van der Waals surface area contributed by atoms with Crippen LogP contribution in [0.1, 0.15) is 28.9 Å². The Kier molecular flexibility index (Phi) is 3.58. The lowest BCUT2D eigenvalue weighted by molar-refractivity contribution is 0.404. The zero-order valence-corrected chi connectivity index (χ0v) is 15.2. The third-order valence-corrected chi connectivity index (χ3v) is 5.58. The third-order valence-electron chi connectivity index (χ3n) is 5.05. The third kappa shape index (κ3) is 2.55. The molecule has 3 aromatic rings. The van der Waals surface area contributed by atoms with Crippen LogP contribution in [0.3, 0.4) is 0 Å². The van der Waals surface area contributed by atoms with Gasteiger partial charge in [0.25, 0.3) is 0 Å². The smallest absolute Gasteiger partial charge is 0.129 e. The van der Waals surface area contributed by atoms with Gasteiger partial charge in [0.1, 0.15) is 6.17 Å². The summed E-state index contributed by atoms with van der Waals surface area (Å²) in [7, 11) is 0. The van der Waals surface area contributed by atoms with Crippen molar-refractivity contribution in [2.45, 2.75) is 18.2 Å². The van der Waals surface area contributed by atoms with Crippen molar-refractivity contribution in [3.63, 3.8) is 0 Å². The molecule has 1 saturated heterocycles. The van der Waals surface area contributed by atoms with Crippen LogP contribution in [0, 0.1) is 0 Å². The van der Waals surface area contributed by atoms with Crippen molar-refractivity contribution in [2.75, 3.05) is 0 Å². The van der Waals surface area contributed by atoms with Crippen LogP contribution in [-0.2, 0) is 0 Å². The normalized spacial score (nSPS) is 26.8. The van der Waals surface area contributed by atoms with E-state index < -0.39 is 0 Å². The van der Waals surface area contributed by atoms with E-state index in [9.17, 15) is 0 Å². The summed E-state index contributed by atoms with van der Waals surface area (Å²) in [5.41, 5.74) is 5.06. The number of rotatable bonds is 3. The fraction of sp³-hybridized carbons (Fsp3) is 0.136. The maximum atomic E-state index is 5.09. The minimum atomic E-state index is 0.0958. The molecule has 4 atom stereocenters. The van der Waals surface area contributed by atoms with E-state index in [1.807, 2.05) is 0 Å². The number of aliphatic imine (C=N–C) groups is 1. The van der Waals surface area contributed by atoms with Crippen LogP contribution < -0.4 is 0 Å². The summed E-state index contributed by atoms with van der Waals surface area (Å²) in [4.78, 5) is 7.61. The van der Waals surface area contributed by atoms with E-state index in [2.05, 4.69) is 106 Å². The fourth-order valence-electron chi connectivity index (χ4n) is 3.86. The average Bonchev–Trinajstić information content (AvgIpc) is 3.28. The summed E-state index contributed by atoms with van der Waals surface area (Å²) in [6, 6.07) is 30.7. The number of benzene rings is 3. The van der Waals surface area contributed by atoms with Crippen molar-refractivity contribution >= 4 is 21.6 Å². The molecule has 2 nitrogen and oxygen atoms in total. The second-order valence-corrected chi connectivity index (χ2v) is 7.47. The predicted molar refractivity (Wildman–Crippen MR) is 105 cm³/mol. The summed E-state index contributed by atoms with van der Waals surface area (Å²) < 4.78 is 1.10.